The lowest BCUT2D eigenvalue weighted by Gasteiger charge is -2.30. The van der Waals surface area contributed by atoms with E-state index in [0.29, 0.717) is 11.1 Å². The van der Waals surface area contributed by atoms with E-state index in [4.69, 9.17) is 9.47 Å². The number of hydrogen-bond acceptors (Lipinski definition) is 3. The van der Waals surface area contributed by atoms with Gasteiger partial charge in [-0.2, -0.15) is 0 Å². The third kappa shape index (κ3) is 4.12. The van der Waals surface area contributed by atoms with Gasteiger partial charge < -0.3 is 14.6 Å². The molecular formula is C22H23O4P. The zero-order valence-electron chi connectivity index (χ0n) is 15.4. The molecule has 0 radical (unpaired) electrons. The number of carboxylic acids is 1. The second-order valence-electron chi connectivity index (χ2n) is 5.83. The molecule has 1 aromatic rings. The quantitative estimate of drug-likeness (QED) is 0.547. The zero-order valence-corrected chi connectivity index (χ0v) is 16.6. The molecule has 4 nitrogen and oxygen atoms in total. The van der Waals surface area contributed by atoms with Gasteiger partial charge in [0.15, 0.2) is 11.5 Å². The summed E-state index contributed by atoms with van der Waals surface area (Å²) >= 11 is 0. The summed E-state index contributed by atoms with van der Waals surface area (Å²) < 4.78 is 12.4. The van der Waals surface area contributed by atoms with Crippen molar-refractivity contribution in [1.29, 1.82) is 0 Å². The van der Waals surface area contributed by atoms with E-state index in [1.807, 2.05) is 38.2 Å². The number of benzene rings is 1. The standard InChI is InChI=1S/C22H23O4P/c1-5-8-10-11-15(4)22(16(7-3)12-9-6-2)25-19-14-17(27)13-18(21(23)24)20(19)26-22/h5-14H,1-2,27H2,3-4H3,(H,23,24)/b10-8-,12-9-,15-11+,16-7+. The maximum absolute atomic E-state index is 11.7. The molecule has 1 aliphatic heterocycles. The molecule has 2 rings (SSSR count). The van der Waals surface area contributed by atoms with Crippen LogP contribution < -0.4 is 14.8 Å². The van der Waals surface area contributed by atoms with Gasteiger partial charge in [0.05, 0.1) is 0 Å². The van der Waals surface area contributed by atoms with Gasteiger partial charge in [-0.25, -0.2) is 4.79 Å². The Bertz CT molecular complexity index is 890. The fourth-order valence-electron chi connectivity index (χ4n) is 2.75. The largest absolute Gasteiger partial charge is 0.478 e. The van der Waals surface area contributed by atoms with Crippen LogP contribution in [-0.2, 0) is 0 Å². The smallest absolute Gasteiger partial charge is 0.339 e. The Morgan fingerprint density at radius 1 is 1.19 bits per heavy atom. The molecule has 2 atom stereocenters. The highest BCUT2D eigenvalue weighted by atomic mass is 31.0. The summed E-state index contributed by atoms with van der Waals surface area (Å²) in [6, 6.07) is 3.28. The molecule has 0 amide bonds. The number of carbonyl (C=O) groups is 1. The van der Waals surface area contributed by atoms with Gasteiger partial charge in [-0.1, -0.05) is 61.8 Å². The number of allylic oxidation sites excluding steroid dienone is 7. The second kappa shape index (κ2) is 8.70. The third-order valence-electron chi connectivity index (χ3n) is 4.02. The lowest BCUT2D eigenvalue weighted by Crippen LogP contribution is -2.41. The molecule has 0 saturated carbocycles. The first-order valence-corrected chi connectivity index (χ1v) is 8.94. The van der Waals surface area contributed by atoms with E-state index < -0.39 is 11.8 Å². The number of ether oxygens (including phenoxy) is 2. The average Bonchev–Trinajstić information content (AvgIpc) is 3.01. The molecule has 0 bridgehead atoms. The van der Waals surface area contributed by atoms with Gasteiger partial charge in [0.1, 0.15) is 5.56 Å². The summed E-state index contributed by atoms with van der Waals surface area (Å²) in [5.41, 5.74) is 1.53. The normalized spacial score (nSPS) is 19.7. The van der Waals surface area contributed by atoms with E-state index in [0.717, 1.165) is 11.1 Å². The number of rotatable bonds is 7. The van der Waals surface area contributed by atoms with E-state index in [1.54, 1.807) is 30.4 Å². The Labute approximate surface area is 162 Å². The second-order valence-corrected chi connectivity index (χ2v) is 6.50. The van der Waals surface area contributed by atoms with Crippen LogP contribution in [-0.4, -0.2) is 16.9 Å². The van der Waals surface area contributed by atoms with Gasteiger partial charge in [0, 0.05) is 11.1 Å². The lowest BCUT2D eigenvalue weighted by molar-refractivity contribution is -0.00560. The summed E-state index contributed by atoms with van der Waals surface area (Å²) in [7, 11) is 2.49. The van der Waals surface area contributed by atoms with Gasteiger partial charge >= 0.3 is 11.8 Å². The predicted octanol–water partition coefficient (Wildman–Crippen LogP) is 4.73. The molecular weight excluding hydrogens is 359 g/mol. The minimum Gasteiger partial charge on any atom is -0.478 e. The zero-order chi connectivity index (χ0) is 20.0. The minimum absolute atomic E-state index is 0.0527. The van der Waals surface area contributed by atoms with Crippen molar-refractivity contribution in [3.8, 4) is 11.5 Å². The highest BCUT2D eigenvalue weighted by molar-refractivity contribution is 7.27. The Kier molecular flexibility index (Phi) is 6.59. The Balaban J connectivity index is 2.67. The molecule has 1 N–H and O–H groups in total. The van der Waals surface area contributed by atoms with E-state index in [-0.39, 0.29) is 11.3 Å². The number of hydrogen-bond donors (Lipinski definition) is 1. The first kappa shape index (κ1) is 20.5. The molecule has 0 aliphatic carbocycles. The van der Waals surface area contributed by atoms with Crippen LogP contribution in [0.3, 0.4) is 0 Å². The number of fused-ring (bicyclic) bond motifs is 1. The molecule has 0 fully saturated rings. The van der Waals surface area contributed by atoms with Gasteiger partial charge in [-0.15, -0.1) is 9.24 Å². The molecule has 5 heteroatoms. The molecule has 1 aromatic carbocycles. The first-order chi connectivity index (χ1) is 12.9. The van der Waals surface area contributed by atoms with Crippen molar-refractivity contribution in [1.82, 2.24) is 0 Å². The maximum atomic E-state index is 11.7. The molecule has 2 unspecified atom stereocenters. The van der Waals surface area contributed by atoms with Crippen molar-refractivity contribution < 1.29 is 19.4 Å². The summed E-state index contributed by atoms with van der Waals surface area (Å²) in [4.78, 5) is 11.7. The molecule has 140 valence electrons. The summed E-state index contributed by atoms with van der Waals surface area (Å²) in [6.07, 6.45) is 14.2. The van der Waals surface area contributed by atoms with Crippen LogP contribution in [0.5, 0.6) is 11.5 Å². The monoisotopic (exact) mass is 382 g/mol. The molecule has 0 spiro atoms. The van der Waals surface area contributed by atoms with Crippen LogP contribution in [0.4, 0.5) is 0 Å². The van der Waals surface area contributed by atoms with Crippen molar-refractivity contribution in [2.75, 3.05) is 0 Å². The van der Waals surface area contributed by atoms with Crippen LogP contribution >= 0.6 is 9.24 Å². The first-order valence-electron chi connectivity index (χ1n) is 8.36. The molecule has 0 saturated heterocycles. The highest BCUT2D eigenvalue weighted by Crippen LogP contribution is 2.47. The SMILES string of the molecule is C=C/C=C\C=C(/C)C1(C(/C=C\C=C)=C/C)Oc2cc(P)cc(C(=O)O)c2O1. The number of carboxylic acid groups (broad SMARTS) is 1. The Morgan fingerprint density at radius 2 is 1.89 bits per heavy atom. The van der Waals surface area contributed by atoms with Gasteiger partial charge in [0.25, 0.3) is 0 Å². The molecule has 27 heavy (non-hydrogen) atoms. The fraction of sp³-hybridized carbons (Fsp3) is 0.136. The number of aromatic carboxylic acids is 1. The Morgan fingerprint density at radius 3 is 2.48 bits per heavy atom. The predicted molar refractivity (Wildman–Crippen MR) is 113 cm³/mol. The van der Waals surface area contributed by atoms with Crippen LogP contribution in [0.25, 0.3) is 0 Å². The van der Waals surface area contributed by atoms with E-state index in [1.165, 1.54) is 6.07 Å². The molecule has 0 aromatic heterocycles. The fourth-order valence-corrected chi connectivity index (χ4v) is 3.06. The van der Waals surface area contributed by atoms with Crippen LogP contribution in [0.1, 0.15) is 24.2 Å². The van der Waals surface area contributed by atoms with Gasteiger partial charge in [0.2, 0.25) is 0 Å². The highest BCUT2D eigenvalue weighted by Gasteiger charge is 2.47. The topological polar surface area (TPSA) is 55.8 Å². The minimum atomic E-state index is -1.27. The van der Waals surface area contributed by atoms with Crippen LogP contribution in [0.15, 0.2) is 85.0 Å². The summed E-state index contributed by atoms with van der Waals surface area (Å²) in [6.45, 7) is 11.1. The van der Waals surface area contributed by atoms with Gasteiger partial charge in [-0.3, -0.25) is 0 Å². The lowest BCUT2D eigenvalue weighted by atomic mass is 9.96. The van der Waals surface area contributed by atoms with Crippen molar-refractivity contribution in [2.24, 2.45) is 0 Å². The molecule has 1 aliphatic rings. The van der Waals surface area contributed by atoms with Crippen LogP contribution in [0.2, 0.25) is 0 Å². The van der Waals surface area contributed by atoms with E-state index >= 15 is 0 Å². The maximum Gasteiger partial charge on any atom is 0.339 e. The van der Waals surface area contributed by atoms with Crippen molar-refractivity contribution in [2.45, 2.75) is 19.6 Å². The van der Waals surface area contributed by atoms with E-state index in [9.17, 15) is 9.90 Å². The van der Waals surface area contributed by atoms with Crippen molar-refractivity contribution >= 4 is 20.5 Å². The van der Waals surface area contributed by atoms with E-state index in [2.05, 4.69) is 22.4 Å². The summed E-state index contributed by atoms with van der Waals surface area (Å²) in [5, 5.41) is 10.3. The average molecular weight is 382 g/mol. The van der Waals surface area contributed by atoms with Crippen molar-refractivity contribution in [3.05, 3.63) is 90.6 Å². The van der Waals surface area contributed by atoms with Crippen molar-refractivity contribution in [3.63, 3.8) is 0 Å². The van der Waals surface area contributed by atoms with Crippen LogP contribution in [0, 0.1) is 0 Å². The summed E-state index contributed by atoms with van der Waals surface area (Å²) in [5.74, 6) is -1.76. The molecule has 1 heterocycles. The van der Waals surface area contributed by atoms with Gasteiger partial charge in [-0.05, 0) is 31.3 Å². The third-order valence-corrected chi connectivity index (χ3v) is 4.36. The Hall–Kier alpha value is -2.84.